The highest BCUT2D eigenvalue weighted by Gasteiger charge is 2.42. The third-order valence-corrected chi connectivity index (χ3v) is 23.3. The van der Waals surface area contributed by atoms with Crippen molar-refractivity contribution in [3.05, 3.63) is 332 Å². The molecule has 3 aromatic heterocycles. The molecule has 0 N–H and O–H groups in total. The van der Waals surface area contributed by atoms with Crippen LogP contribution in [-0.2, 0) is 16.2 Å². The summed E-state index contributed by atoms with van der Waals surface area (Å²) in [6.45, 7) is 17.2. The minimum Gasteiger partial charge on any atom is -0.458 e. The van der Waals surface area contributed by atoms with Crippen LogP contribution >= 0.6 is 0 Å². The fraction of sp³-hybridized carbons (Fsp3) is 0.143. The van der Waals surface area contributed by atoms with Crippen LogP contribution in [-0.4, -0.2) is 22.2 Å². The SMILES string of the molecule is [2H]c1c([2H])c([2H])c(-c2cc(-c3c([2H])c([2H])c([2H])c([2H])c3[2H])cc(-[n+]3[c-]n(-c4cccc(Oc5ccc6c7ccccc7n(-c7cc(C([2H])([2H])[2H])c(-c8c([2H])c([2H])c([2H])c([2H])c8[2H])cn7)c6c5)c4)c4cc(-c5ccc([Si](c6ccc(C(C)(C)C)cc6)(c6ccc(C(C)(C)C)cc6)c6ccc(C(C)(C)C)cc6)cc5)ccc43)c2)c([2H])c1[2H]. The predicted molar refractivity (Wildman–Crippen MR) is 408 cm³/mol. The van der Waals surface area contributed by atoms with E-state index >= 15 is 0 Å². The second-order valence-corrected chi connectivity index (χ2v) is 31.6. The number of rotatable bonds is 13. The molecule has 15 rings (SSSR count). The van der Waals surface area contributed by atoms with Gasteiger partial charge in [0, 0.05) is 32.7 Å². The Morgan fingerprint density at radius 2 is 0.928 bits per heavy atom. The van der Waals surface area contributed by atoms with Crippen molar-refractivity contribution < 1.29 is 34.0 Å². The zero-order chi connectivity index (χ0) is 82.4. The van der Waals surface area contributed by atoms with Gasteiger partial charge in [-0.1, -0.05) is 286 Å². The molecule has 0 unspecified atom stereocenters. The van der Waals surface area contributed by atoms with Crippen LogP contribution in [0, 0.1) is 13.2 Å². The van der Waals surface area contributed by atoms with Crippen molar-refractivity contribution in [2.75, 3.05) is 0 Å². The van der Waals surface area contributed by atoms with E-state index in [2.05, 4.69) is 166 Å². The number of hydrogen-bond donors (Lipinski definition) is 0. The summed E-state index contributed by atoms with van der Waals surface area (Å²) in [6, 6.07) is 60.3. The molecule has 0 fully saturated rings. The van der Waals surface area contributed by atoms with Crippen molar-refractivity contribution in [3.63, 3.8) is 0 Å². The van der Waals surface area contributed by atoms with E-state index in [4.69, 9.17) is 28.9 Å². The van der Waals surface area contributed by atoms with E-state index < -0.39 is 106 Å². The van der Waals surface area contributed by atoms with Gasteiger partial charge in [0.1, 0.15) is 17.3 Å². The van der Waals surface area contributed by atoms with E-state index in [1.54, 1.807) is 33.4 Å². The Labute approximate surface area is 597 Å². The number of para-hydroxylation sites is 1. The molecular weight excluding hydrogens is 1190 g/mol. The summed E-state index contributed by atoms with van der Waals surface area (Å²) in [5.74, 6) is 0.906. The molecule has 0 saturated carbocycles. The number of imidazole rings is 1. The van der Waals surface area contributed by atoms with Gasteiger partial charge in [0.25, 0.3) is 6.33 Å². The summed E-state index contributed by atoms with van der Waals surface area (Å²) in [5.41, 5.74) is 7.42. The summed E-state index contributed by atoms with van der Waals surface area (Å²) < 4.78 is 170. The largest absolute Gasteiger partial charge is 0.458 e. The Hall–Kier alpha value is -10.9. The summed E-state index contributed by atoms with van der Waals surface area (Å²) >= 11 is 0. The van der Waals surface area contributed by atoms with Gasteiger partial charge in [-0.25, -0.2) is 4.98 Å². The fourth-order valence-electron chi connectivity index (χ4n) is 13.3. The van der Waals surface area contributed by atoms with Crippen LogP contribution in [0.15, 0.2) is 303 Å². The van der Waals surface area contributed by atoms with Crippen molar-refractivity contribution in [2.45, 2.75) is 85.4 Å². The first-order valence-electron chi connectivity index (χ1n) is 41.4. The number of ether oxygens (including phenoxy) is 1. The van der Waals surface area contributed by atoms with Crippen LogP contribution in [0.2, 0.25) is 0 Å². The molecular formula is C91H80N4OSi. The van der Waals surface area contributed by atoms with Crippen LogP contribution in [0.25, 0.3) is 94.5 Å². The predicted octanol–water partition coefficient (Wildman–Crippen LogP) is 20.2. The maximum Gasteiger partial charge on any atom is 0.269 e. The lowest BCUT2D eigenvalue weighted by molar-refractivity contribution is -0.572. The van der Waals surface area contributed by atoms with Crippen LogP contribution in [0.3, 0.4) is 0 Å². The average Bonchev–Trinajstić information content (AvgIpc) is 1.64. The van der Waals surface area contributed by atoms with Gasteiger partial charge in [-0.15, -0.1) is 0 Å². The summed E-state index contributed by atoms with van der Waals surface area (Å²) in [5, 5.41) is 6.41. The molecule has 474 valence electrons. The quantitative estimate of drug-likeness (QED) is 0.0499. The van der Waals surface area contributed by atoms with Gasteiger partial charge in [-0.05, 0) is 172 Å². The number of benzene rings is 12. The minimum absolute atomic E-state index is 0.0965. The van der Waals surface area contributed by atoms with Gasteiger partial charge in [0.2, 0.25) is 0 Å². The normalized spacial score (nSPS) is 15.0. The maximum atomic E-state index is 9.22. The zero-order valence-corrected chi connectivity index (χ0v) is 56.4. The number of aromatic nitrogens is 4. The lowest BCUT2D eigenvalue weighted by Crippen LogP contribution is -2.74. The topological polar surface area (TPSA) is 35.9 Å². The first kappa shape index (κ1) is 44.7. The standard InChI is InChI=1S/C91H80N4OSi/c1-62-53-88(92-60-83(62)66-27-18-13-19-28-66)95-84-32-21-20-31-81(84)82-51-42-76(59-86(82)95)96-75-30-22-29-73(58-75)93-61-94(74-55-68(63-23-14-11-15-24-63)54-69(56-74)64-25-16-12-17-26-64)85-52-35-67(57-87(85)93)65-33-43-77(44-34-65)97(78-45-36-70(37-46-78)89(2,3)4,79-47-38-71(39-48-79)90(5,6)7)80-49-40-72(41-50-80)91(8,9)10/h11-60H,1-10H3/i1D3,11D,12D,13D,14D,15D,16D,17D,18D,19D,23D,24D,25D,26D,27D,28D. The monoisotopic (exact) mass is 1290 g/mol. The van der Waals surface area contributed by atoms with Gasteiger partial charge in [-0.3, -0.25) is 13.7 Å². The molecule has 0 aliphatic carbocycles. The van der Waals surface area contributed by atoms with E-state index in [1.807, 2.05) is 77.4 Å². The zero-order valence-electron chi connectivity index (χ0n) is 73.4. The van der Waals surface area contributed by atoms with Gasteiger partial charge in [0.15, 0.2) is 8.07 Å². The molecule has 0 aliphatic heterocycles. The Morgan fingerprint density at radius 3 is 1.47 bits per heavy atom. The highest BCUT2D eigenvalue weighted by Crippen LogP contribution is 2.38. The smallest absolute Gasteiger partial charge is 0.269 e. The van der Waals surface area contributed by atoms with Crippen LogP contribution in [0.1, 0.15) is 109 Å². The summed E-state index contributed by atoms with van der Waals surface area (Å²) in [6.07, 6.45) is 4.83. The number of nitrogens with zero attached hydrogens (tertiary/aromatic N) is 4. The van der Waals surface area contributed by atoms with E-state index in [0.717, 1.165) is 27.1 Å². The number of fused-ring (bicyclic) bond motifs is 4. The Morgan fingerprint density at radius 1 is 0.423 bits per heavy atom. The number of pyridine rings is 1. The van der Waals surface area contributed by atoms with Crippen molar-refractivity contribution in [1.82, 2.24) is 14.1 Å². The van der Waals surface area contributed by atoms with Gasteiger partial charge in [-0.2, -0.15) is 0 Å². The minimum atomic E-state index is -3.17. The molecule has 12 aromatic carbocycles. The number of aryl methyl sites for hydroxylation is 1. The maximum absolute atomic E-state index is 9.22. The molecule has 0 amide bonds. The molecule has 0 aliphatic rings. The second kappa shape index (κ2) is 24.7. The molecule has 0 radical (unpaired) electrons. The molecule has 6 heteroatoms. The van der Waals surface area contributed by atoms with Crippen molar-refractivity contribution in [2.24, 2.45) is 0 Å². The molecule has 15 aromatic rings. The van der Waals surface area contributed by atoms with E-state index in [9.17, 15) is 5.48 Å². The van der Waals surface area contributed by atoms with Gasteiger partial charge in [0.05, 0.1) is 54.0 Å². The molecule has 0 bridgehead atoms. The van der Waals surface area contributed by atoms with E-state index in [1.165, 1.54) is 50.6 Å². The van der Waals surface area contributed by atoms with Gasteiger partial charge >= 0.3 is 0 Å². The second-order valence-electron chi connectivity index (χ2n) is 27.8. The van der Waals surface area contributed by atoms with E-state index in [0.29, 0.717) is 39.3 Å². The number of hydrogen-bond acceptors (Lipinski definition) is 2. The van der Waals surface area contributed by atoms with Crippen molar-refractivity contribution in [3.8, 4) is 73.2 Å². The lowest BCUT2D eigenvalue weighted by Gasteiger charge is -2.36. The highest BCUT2D eigenvalue weighted by molar-refractivity contribution is 7.19. The van der Waals surface area contributed by atoms with Crippen LogP contribution in [0.4, 0.5) is 0 Å². The third-order valence-electron chi connectivity index (χ3n) is 18.5. The van der Waals surface area contributed by atoms with Crippen molar-refractivity contribution >= 4 is 61.7 Å². The first-order chi connectivity index (χ1) is 54.3. The third kappa shape index (κ3) is 11.8. The van der Waals surface area contributed by atoms with Gasteiger partial charge < -0.3 is 4.74 Å². The molecule has 5 nitrogen and oxygen atoms in total. The molecule has 0 saturated heterocycles. The summed E-state index contributed by atoms with van der Waals surface area (Å²) in [4.78, 5) is 4.77. The average molecular weight is 1290 g/mol. The first-order valence-corrected chi connectivity index (χ1v) is 34.4. The molecule has 97 heavy (non-hydrogen) atoms. The molecule has 0 spiro atoms. The fourth-order valence-corrected chi connectivity index (χ4v) is 18.0. The highest BCUT2D eigenvalue weighted by atomic mass is 28.3. The van der Waals surface area contributed by atoms with Crippen LogP contribution in [0.5, 0.6) is 11.5 Å². The Balaban J connectivity index is 0.917. The summed E-state index contributed by atoms with van der Waals surface area (Å²) in [7, 11) is -3.17. The Kier molecular flexibility index (Phi) is 11.4. The molecule has 3 heterocycles. The Bertz CT molecular complexity index is 6160. The lowest BCUT2D eigenvalue weighted by atomic mass is 9.87. The van der Waals surface area contributed by atoms with Crippen molar-refractivity contribution in [1.29, 1.82) is 0 Å². The molecule has 0 atom stereocenters. The van der Waals surface area contributed by atoms with E-state index in [-0.39, 0.29) is 66.7 Å². The van der Waals surface area contributed by atoms with Crippen LogP contribution < -0.4 is 30.1 Å².